The number of aromatic nitrogens is 2. The van der Waals surface area contributed by atoms with Crippen molar-refractivity contribution in [2.75, 3.05) is 25.0 Å². The maximum atomic E-state index is 12.0. The number of hydrogen-bond acceptors (Lipinski definition) is 4. The van der Waals surface area contributed by atoms with Gasteiger partial charge in [0.05, 0.1) is 5.41 Å². The van der Waals surface area contributed by atoms with Gasteiger partial charge in [-0.2, -0.15) is 0 Å². The maximum Gasteiger partial charge on any atom is 0.227 e. The number of carbonyl (C=O) groups excluding carboxylic acids is 1. The lowest BCUT2D eigenvalue weighted by atomic mass is 9.89. The molecule has 1 amide bonds. The molecule has 0 aliphatic carbocycles. The largest absolute Gasteiger partial charge is 0.359 e. The summed E-state index contributed by atoms with van der Waals surface area (Å²) >= 11 is 3.44. The van der Waals surface area contributed by atoms with Gasteiger partial charge in [-0.15, -0.1) is 0 Å². The predicted octanol–water partition coefficient (Wildman–Crippen LogP) is 2.32. The molecular formula is C14H21BrN4O. The predicted molar refractivity (Wildman–Crippen MR) is 82.8 cm³/mol. The summed E-state index contributed by atoms with van der Waals surface area (Å²) in [4.78, 5) is 23.1. The highest BCUT2D eigenvalue weighted by Gasteiger charge is 2.40. The van der Waals surface area contributed by atoms with Crippen LogP contribution in [0.2, 0.25) is 0 Å². The molecule has 20 heavy (non-hydrogen) atoms. The topological polar surface area (TPSA) is 58.1 Å². The van der Waals surface area contributed by atoms with Crippen molar-refractivity contribution < 1.29 is 4.79 Å². The van der Waals surface area contributed by atoms with E-state index in [1.165, 1.54) is 0 Å². The van der Waals surface area contributed by atoms with Gasteiger partial charge in [0.1, 0.15) is 16.2 Å². The molecule has 1 aromatic heterocycles. The molecular weight excluding hydrogens is 320 g/mol. The molecule has 0 radical (unpaired) electrons. The van der Waals surface area contributed by atoms with Gasteiger partial charge in [-0.25, -0.2) is 9.97 Å². The Hall–Kier alpha value is -1.17. The molecule has 0 saturated carbocycles. The first-order valence-electron chi connectivity index (χ1n) is 6.87. The first-order valence-corrected chi connectivity index (χ1v) is 7.66. The minimum atomic E-state index is -0.343. The van der Waals surface area contributed by atoms with Crippen molar-refractivity contribution in [3.05, 3.63) is 16.5 Å². The molecule has 1 N–H and O–H groups in total. The van der Waals surface area contributed by atoms with E-state index in [9.17, 15) is 4.79 Å². The summed E-state index contributed by atoms with van der Waals surface area (Å²) in [5.74, 6) is 2.09. The van der Waals surface area contributed by atoms with Crippen LogP contribution in [0.4, 0.5) is 5.82 Å². The summed E-state index contributed by atoms with van der Waals surface area (Å²) in [5, 5.41) is 2.75. The van der Waals surface area contributed by atoms with Crippen molar-refractivity contribution in [1.82, 2.24) is 15.3 Å². The summed E-state index contributed by atoms with van der Waals surface area (Å²) in [6.07, 6.45) is 0.839. The second-order valence-electron chi connectivity index (χ2n) is 5.87. The number of amides is 1. The molecule has 0 spiro atoms. The number of carbonyl (C=O) groups is 1. The fraction of sp³-hybridized carbons (Fsp3) is 0.643. The minimum absolute atomic E-state index is 0.0946. The first-order chi connectivity index (χ1) is 9.35. The highest BCUT2D eigenvalue weighted by molar-refractivity contribution is 9.10. The number of rotatable bonds is 3. The van der Waals surface area contributed by atoms with Crippen LogP contribution in [0, 0.1) is 5.41 Å². The molecule has 1 unspecified atom stereocenters. The Morgan fingerprint density at radius 2 is 2.20 bits per heavy atom. The summed E-state index contributed by atoms with van der Waals surface area (Å²) in [6.45, 7) is 7.68. The van der Waals surface area contributed by atoms with E-state index in [1.807, 2.05) is 13.0 Å². The monoisotopic (exact) mass is 340 g/mol. The first kappa shape index (κ1) is 15.2. The Labute approximate surface area is 128 Å². The molecule has 1 aliphatic heterocycles. The molecule has 5 nitrogen and oxygen atoms in total. The van der Waals surface area contributed by atoms with E-state index in [1.54, 1.807) is 7.05 Å². The minimum Gasteiger partial charge on any atom is -0.359 e. The molecule has 1 saturated heterocycles. The maximum absolute atomic E-state index is 12.0. The van der Waals surface area contributed by atoms with Crippen LogP contribution in [0.25, 0.3) is 0 Å². The third-order valence-corrected chi connectivity index (χ3v) is 4.19. The van der Waals surface area contributed by atoms with Crippen LogP contribution in [0.1, 0.15) is 38.9 Å². The lowest BCUT2D eigenvalue weighted by Gasteiger charge is -2.23. The summed E-state index contributed by atoms with van der Waals surface area (Å²) in [6, 6.07) is 1.92. The third-order valence-electron chi connectivity index (χ3n) is 3.79. The lowest BCUT2D eigenvalue weighted by molar-refractivity contribution is -0.128. The van der Waals surface area contributed by atoms with Gasteiger partial charge in [-0.05, 0) is 29.3 Å². The van der Waals surface area contributed by atoms with E-state index in [4.69, 9.17) is 0 Å². The van der Waals surface area contributed by atoms with Crippen molar-refractivity contribution >= 4 is 27.7 Å². The zero-order chi connectivity index (χ0) is 14.9. The molecule has 6 heteroatoms. The van der Waals surface area contributed by atoms with Crippen molar-refractivity contribution in [2.24, 2.45) is 5.41 Å². The van der Waals surface area contributed by atoms with Gasteiger partial charge in [0, 0.05) is 32.1 Å². The van der Waals surface area contributed by atoms with Crippen molar-refractivity contribution in [3.8, 4) is 0 Å². The van der Waals surface area contributed by atoms with Crippen molar-refractivity contribution in [2.45, 2.75) is 33.1 Å². The fourth-order valence-corrected chi connectivity index (χ4v) is 2.87. The number of halogens is 1. The van der Waals surface area contributed by atoms with Crippen molar-refractivity contribution in [3.63, 3.8) is 0 Å². The Balaban J connectivity index is 2.24. The van der Waals surface area contributed by atoms with Crippen LogP contribution in [0.15, 0.2) is 10.7 Å². The SMILES string of the molecule is CNC(=O)C1(C)CCN(c2cc(Br)nc(C(C)C)n2)C1. The number of nitrogens with zero attached hydrogens (tertiary/aromatic N) is 3. The Morgan fingerprint density at radius 3 is 2.80 bits per heavy atom. The molecule has 1 atom stereocenters. The van der Waals surface area contributed by atoms with E-state index >= 15 is 0 Å². The zero-order valence-corrected chi connectivity index (χ0v) is 14.0. The standard InChI is InChI=1S/C14H21BrN4O/c1-9(2)12-17-10(15)7-11(18-12)19-6-5-14(3,8-19)13(20)16-4/h7,9H,5-6,8H2,1-4H3,(H,16,20). The van der Waals surface area contributed by atoms with E-state index in [2.05, 4.69) is 50.0 Å². The second-order valence-corrected chi connectivity index (χ2v) is 6.69. The van der Waals surface area contributed by atoms with E-state index in [0.29, 0.717) is 6.54 Å². The van der Waals surface area contributed by atoms with Crippen LogP contribution in [-0.2, 0) is 4.79 Å². The molecule has 1 aromatic rings. The molecule has 0 aromatic carbocycles. The van der Waals surface area contributed by atoms with Crippen molar-refractivity contribution in [1.29, 1.82) is 0 Å². The van der Waals surface area contributed by atoms with Gasteiger partial charge in [-0.1, -0.05) is 13.8 Å². The number of nitrogens with one attached hydrogen (secondary N) is 1. The third kappa shape index (κ3) is 2.95. The molecule has 2 heterocycles. The molecule has 2 rings (SSSR count). The smallest absolute Gasteiger partial charge is 0.227 e. The van der Waals surface area contributed by atoms with Crippen LogP contribution in [0.3, 0.4) is 0 Å². The van der Waals surface area contributed by atoms with Gasteiger partial charge in [0.25, 0.3) is 0 Å². The van der Waals surface area contributed by atoms with Crippen LogP contribution in [0.5, 0.6) is 0 Å². The van der Waals surface area contributed by atoms with Gasteiger partial charge in [0.2, 0.25) is 5.91 Å². The van der Waals surface area contributed by atoms with Gasteiger partial charge >= 0.3 is 0 Å². The highest BCUT2D eigenvalue weighted by atomic mass is 79.9. The Bertz CT molecular complexity index is 520. The quantitative estimate of drug-likeness (QED) is 0.858. The highest BCUT2D eigenvalue weighted by Crippen LogP contribution is 2.33. The lowest BCUT2D eigenvalue weighted by Crippen LogP contribution is -2.39. The zero-order valence-electron chi connectivity index (χ0n) is 12.4. The number of anilines is 1. The average Bonchev–Trinajstić information content (AvgIpc) is 2.81. The van der Waals surface area contributed by atoms with E-state index in [-0.39, 0.29) is 17.2 Å². The average molecular weight is 341 g/mol. The number of hydrogen-bond donors (Lipinski definition) is 1. The summed E-state index contributed by atoms with van der Waals surface area (Å²) in [7, 11) is 1.69. The summed E-state index contributed by atoms with van der Waals surface area (Å²) in [5.41, 5.74) is -0.343. The summed E-state index contributed by atoms with van der Waals surface area (Å²) < 4.78 is 0.791. The molecule has 1 aliphatic rings. The molecule has 0 bridgehead atoms. The van der Waals surface area contributed by atoms with E-state index in [0.717, 1.165) is 29.2 Å². The molecule has 110 valence electrons. The van der Waals surface area contributed by atoms with E-state index < -0.39 is 0 Å². The van der Waals surface area contributed by atoms with Gasteiger partial charge < -0.3 is 10.2 Å². The van der Waals surface area contributed by atoms with Gasteiger partial charge in [-0.3, -0.25) is 4.79 Å². The Kier molecular flexibility index (Phi) is 4.32. The van der Waals surface area contributed by atoms with Crippen LogP contribution >= 0.6 is 15.9 Å². The molecule has 1 fully saturated rings. The Morgan fingerprint density at radius 1 is 1.50 bits per heavy atom. The fourth-order valence-electron chi connectivity index (χ4n) is 2.49. The second kappa shape index (κ2) is 5.68. The van der Waals surface area contributed by atoms with Crippen LogP contribution < -0.4 is 10.2 Å². The van der Waals surface area contributed by atoms with Gasteiger partial charge in [0.15, 0.2) is 0 Å². The normalized spacial score (nSPS) is 22.4. The van der Waals surface area contributed by atoms with Crippen LogP contribution in [-0.4, -0.2) is 36.0 Å².